The summed E-state index contributed by atoms with van der Waals surface area (Å²) in [5.41, 5.74) is -5.60. The summed E-state index contributed by atoms with van der Waals surface area (Å²) in [7, 11) is -8.34. The molecule has 0 radical (unpaired) electrons. The van der Waals surface area contributed by atoms with Crippen molar-refractivity contribution in [2.45, 2.75) is 41.6 Å². The van der Waals surface area contributed by atoms with Crippen molar-refractivity contribution < 1.29 is 35.0 Å². The van der Waals surface area contributed by atoms with E-state index in [1.54, 1.807) is 9.80 Å². The minimum atomic E-state index is -5.27. The number of carbonyl (C=O) groups excluding carboxylic acids is 1. The highest BCUT2D eigenvalue weighted by molar-refractivity contribution is 7.93. The number of nitrogens with zero attached hydrogens (tertiary/aromatic N) is 2. The molecule has 2 spiro atoms. The second-order valence-corrected chi connectivity index (χ2v) is 14.1. The van der Waals surface area contributed by atoms with Crippen LogP contribution in [0.3, 0.4) is 0 Å². The van der Waals surface area contributed by atoms with Gasteiger partial charge in [0.1, 0.15) is 5.82 Å². The second-order valence-electron chi connectivity index (χ2n) is 10.2. The molecule has 188 valence electrons. The Morgan fingerprint density at radius 2 is 1.79 bits per heavy atom. The maximum absolute atomic E-state index is 14.4. The Labute approximate surface area is 194 Å². The van der Waals surface area contributed by atoms with Crippen LogP contribution in [0.5, 0.6) is 0 Å². The van der Waals surface area contributed by atoms with Gasteiger partial charge < -0.3 is 9.80 Å². The van der Waals surface area contributed by atoms with E-state index >= 15 is 0 Å². The Morgan fingerprint density at radius 1 is 1.18 bits per heavy atom. The number of alkyl halides is 3. The minimum absolute atomic E-state index is 0.0277. The molecule has 5 rings (SSSR count). The lowest BCUT2D eigenvalue weighted by atomic mass is 9.56. The summed E-state index contributed by atoms with van der Waals surface area (Å²) in [5, 5.41) is 0. The number of urea groups is 1. The van der Waals surface area contributed by atoms with Crippen molar-refractivity contribution in [1.29, 1.82) is 4.78 Å². The first-order valence-corrected chi connectivity index (χ1v) is 14.0. The Morgan fingerprint density at radius 3 is 2.32 bits per heavy atom. The highest BCUT2D eigenvalue weighted by atomic mass is 32.2. The van der Waals surface area contributed by atoms with Crippen molar-refractivity contribution in [2.75, 3.05) is 31.9 Å². The molecule has 1 aromatic carbocycles. The van der Waals surface area contributed by atoms with Gasteiger partial charge in [-0.05, 0) is 49.3 Å². The minimum Gasteiger partial charge on any atom is -0.323 e. The maximum atomic E-state index is 14.4. The van der Waals surface area contributed by atoms with Gasteiger partial charge in [0, 0.05) is 31.6 Å². The van der Waals surface area contributed by atoms with Gasteiger partial charge in [0.2, 0.25) is 10.0 Å². The molecule has 0 aromatic heterocycles. The van der Waals surface area contributed by atoms with Crippen LogP contribution in [-0.4, -0.2) is 71.4 Å². The molecule has 1 saturated carbocycles. The lowest BCUT2D eigenvalue weighted by molar-refractivity contribution is -0.0823. The van der Waals surface area contributed by atoms with Gasteiger partial charge in [0.15, 0.2) is 9.73 Å². The predicted molar refractivity (Wildman–Crippen MR) is 113 cm³/mol. The van der Waals surface area contributed by atoms with Crippen LogP contribution in [0, 0.1) is 21.9 Å². The van der Waals surface area contributed by atoms with E-state index in [4.69, 9.17) is 4.78 Å². The van der Waals surface area contributed by atoms with E-state index < -0.39 is 41.5 Å². The Kier molecular flexibility index (Phi) is 5.10. The van der Waals surface area contributed by atoms with Crippen LogP contribution in [0.25, 0.3) is 0 Å². The molecule has 0 bridgehead atoms. The molecule has 14 heteroatoms. The average Bonchev–Trinajstić information content (AvgIpc) is 2.97. The first-order valence-electron chi connectivity index (χ1n) is 10.8. The molecule has 2 amide bonds. The molecule has 2 N–H and O–H groups in total. The van der Waals surface area contributed by atoms with Gasteiger partial charge in [-0.3, -0.25) is 0 Å². The van der Waals surface area contributed by atoms with Gasteiger partial charge in [0.25, 0.3) is 0 Å². The van der Waals surface area contributed by atoms with Gasteiger partial charge >= 0.3 is 11.5 Å². The standard InChI is InChI=1S/C20H24F4N4O4S2/c21-16-6-15(34(25,32)20(22,23)24)2-1-14(16)5-13-7-18(8-13)9-27(10-18)17(29)28-11-19(12-28)3-4-33(30,31)26-19/h1-2,6,13,25-26H,3-5,7-12H2. The Bertz CT molecular complexity index is 1250. The van der Waals surface area contributed by atoms with Crippen LogP contribution in [0.2, 0.25) is 0 Å². The first-order chi connectivity index (χ1) is 15.6. The number of amides is 2. The molecule has 8 nitrogen and oxygen atoms in total. The molecule has 3 heterocycles. The number of rotatable bonds is 3. The Hall–Kier alpha value is -1.93. The molecule has 1 aromatic rings. The first kappa shape index (κ1) is 23.8. The molecular formula is C20H24F4N4O4S2. The summed E-state index contributed by atoms with van der Waals surface area (Å²) in [6.07, 6.45) is 2.35. The molecule has 1 unspecified atom stereocenters. The van der Waals surface area contributed by atoms with E-state index in [1.807, 2.05) is 0 Å². The zero-order chi connectivity index (χ0) is 24.7. The maximum Gasteiger partial charge on any atom is 0.483 e. The van der Waals surface area contributed by atoms with E-state index in [0.717, 1.165) is 18.9 Å². The molecule has 4 aliphatic rings. The highest BCUT2D eigenvalue weighted by Crippen LogP contribution is 2.53. The number of hydrogen-bond donors (Lipinski definition) is 2. The summed E-state index contributed by atoms with van der Waals surface area (Å²) in [6, 6.07) is 2.50. The molecule has 4 fully saturated rings. The van der Waals surface area contributed by atoms with E-state index in [9.17, 15) is 35.0 Å². The smallest absolute Gasteiger partial charge is 0.323 e. The summed E-state index contributed by atoms with van der Waals surface area (Å²) in [5.74, 6) is -0.695. The number of hydrogen-bond acceptors (Lipinski definition) is 5. The molecular weight excluding hydrogens is 500 g/mol. The number of sulfonamides is 1. The topological polar surface area (TPSA) is 111 Å². The van der Waals surface area contributed by atoms with Gasteiger partial charge in [-0.15, -0.1) is 0 Å². The van der Waals surface area contributed by atoms with Crippen LogP contribution in [-0.2, 0) is 26.2 Å². The van der Waals surface area contributed by atoms with Crippen LogP contribution < -0.4 is 4.72 Å². The second kappa shape index (κ2) is 7.29. The molecule has 1 atom stereocenters. The fourth-order valence-electron chi connectivity index (χ4n) is 5.79. The molecule has 34 heavy (non-hydrogen) atoms. The number of halogens is 4. The third-order valence-electron chi connectivity index (χ3n) is 7.44. The largest absolute Gasteiger partial charge is 0.483 e. The van der Waals surface area contributed by atoms with E-state index in [0.29, 0.717) is 45.1 Å². The molecule has 3 aliphatic heterocycles. The molecule has 3 saturated heterocycles. The van der Waals surface area contributed by atoms with E-state index in [-0.39, 0.29) is 28.7 Å². The zero-order valence-corrected chi connectivity index (χ0v) is 19.7. The van der Waals surface area contributed by atoms with Crippen molar-refractivity contribution in [2.24, 2.45) is 11.3 Å². The lowest BCUT2D eigenvalue weighted by Crippen LogP contribution is -2.73. The van der Waals surface area contributed by atoms with Gasteiger partial charge in [-0.2, -0.15) is 13.2 Å². The summed E-state index contributed by atoms with van der Waals surface area (Å²) >= 11 is 0. The van der Waals surface area contributed by atoms with Crippen LogP contribution in [0.1, 0.15) is 24.8 Å². The van der Waals surface area contributed by atoms with Crippen LogP contribution in [0.15, 0.2) is 23.1 Å². The van der Waals surface area contributed by atoms with Crippen LogP contribution in [0.4, 0.5) is 22.4 Å². The number of carbonyl (C=O) groups is 1. The lowest BCUT2D eigenvalue weighted by Gasteiger charge is -2.61. The quantitative estimate of drug-likeness (QED) is 0.592. The van der Waals surface area contributed by atoms with Gasteiger partial charge in [-0.25, -0.2) is 31.3 Å². The van der Waals surface area contributed by atoms with Crippen molar-refractivity contribution in [3.05, 3.63) is 29.6 Å². The fourth-order valence-corrected chi connectivity index (χ4v) is 8.24. The van der Waals surface area contributed by atoms with Gasteiger partial charge in [-0.1, -0.05) is 6.07 Å². The normalized spacial score (nSPS) is 26.6. The van der Waals surface area contributed by atoms with Crippen molar-refractivity contribution in [3.63, 3.8) is 0 Å². The van der Waals surface area contributed by atoms with Crippen molar-refractivity contribution in [1.82, 2.24) is 14.5 Å². The summed E-state index contributed by atoms with van der Waals surface area (Å²) in [4.78, 5) is 15.1. The fraction of sp³-hybridized carbons (Fsp3) is 0.650. The van der Waals surface area contributed by atoms with Crippen molar-refractivity contribution in [3.8, 4) is 0 Å². The summed E-state index contributed by atoms with van der Waals surface area (Å²) < 4.78 is 97.4. The number of nitrogens with one attached hydrogen (secondary N) is 2. The van der Waals surface area contributed by atoms with Crippen molar-refractivity contribution >= 4 is 25.8 Å². The third kappa shape index (κ3) is 3.87. The average molecular weight is 525 g/mol. The van der Waals surface area contributed by atoms with E-state index in [1.165, 1.54) is 6.07 Å². The van der Waals surface area contributed by atoms with Crippen LogP contribution >= 0.6 is 0 Å². The monoisotopic (exact) mass is 524 g/mol. The zero-order valence-electron chi connectivity index (χ0n) is 18.0. The van der Waals surface area contributed by atoms with E-state index in [2.05, 4.69) is 4.72 Å². The number of benzene rings is 1. The molecule has 1 aliphatic carbocycles. The Balaban J connectivity index is 1.11. The number of likely N-dealkylation sites (tertiary alicyclic amines) is 2. The summed E-state index contributed by atoms with van der Waals surface area (Å²) in [6.45, 7) is 1.88. The SMILES string of the molecule is N=S(=O)(c1ccc(CC2CC3(C2)CN(C(=O)N2CC4(CCS(=O)(=O)N4)C2)C3)c(F)c1)C(F)(F)F. The third-order valence-corrected chi connectivity index (χ3v) is 10.5. The van der Waals surface area contributed by atoms with Gasteiger partial charge in [0.05, 0.1) is 16.2 Å². The highest BCUT2D eigenvalue weighted by Gasteiger charge is 2.57. The predicted octanol–water partition coefficient (Wildman–Crippen LogP) is 2.50.